The molecule has 3 aromatic carbocycles. The highest BCUT2D eigenvalue weighted by Crippen LogP contribution is 2.44. The van der Waals surface area contributed by atoms with Crippen LogP contribution in [0.25, 0.3) is 0 Å². The molecule has 6 nitrogen and oxygen atoms in total. The van der Waals surface area contributed by atoms with Gasteiger partial charge in [0, 0.05) is 50.4 Å². The molecule has 1 N–H and O–H groups in total. The first kappa shape index (κ1) is 33.3. The van der Waals surface area contributed by atoms with E-state index in [-0.39, 0.29) is 17.5 Å². The fraction of sp³-hybridized carbons (Fsp3) is 0.486. The third kappa shape index (κ3) is 7.59. The van der Waals surface area contributed by atoms with Crippen molar-refractivity contribution in [3.8, 4) is 5.75 Å². The van der Waals surface area contributed by atoms with Crippen molar-refractivity contribution in [2.75, 3.05) is 44.2 Å². The van der Waals surface area contributed by atoms with Gasteiger partial charge in [0.05, 0.1) is 19.1 Å². The monoisotopic (exact) mass is 653 g/mol. The molecule has 252 valence electrons. The van der Waals surface area contributed by atoms with Crippen LogP contribution in [0.4, 0.5) is 23.2 Å². The Labute approximate surface area is 273 Å². The second-order valence-electron chi connectivity index (χ2n) is 13.9. The molecule has 0 aliphatic carbocycles. The zero-order valence-corrected chi connectivity index (χ0v) is 27.0. The normalized spacial score (nSPS) is 21.9. The average molecular weight is 654 g/mol. The quantitative estimate of drug-likeness (QED) is 0.245. The van der Waals surface area contributed by atoms with Crippen molar-refractivity contribution < 1.29 is 32.2 Å². The number of anilines is 1. The van der Waals surface area contributed by atoms with E-state index in [1.165, 1.54) is 17.0 Å². The molecule has 0 bridgehead atoms. The lowest BCUT2D eigenvalue weighted by molar-refractivity contribution is -0.142. The van der Waals surface area contributed by atoms with Gasteiger partial charge in [0.1, 0.15) is 24.0 Å². The van der Waals surface area contributed by atoms with Crippen molar-refractivity contribution in [2.24, 2.45) is 5.41 Å². The maximum Gasteiger partial charge on any atom is 0.317 e. The van der Waals surface area contributed by atoms with Crippen LogP contribution in [0.3, 0.4) is 0 Å². The zero-order valence-electron chi connectivity index (χ0n) is 27.0. The van der Waals surface area contributed by atoms with E-state index in [2.05, 4.69) is 0 Å². The Balaban J connectivity index is 1.24. The number of aliphatic carboxylic acids is 1. The molecule has 0 radical (unpaired) electrons. The van der Waals surface area contributed by atoms with Crippen molar-refractivity contribution in [1.82, 2.24) is 9.80 Å². The number of rotatable bonds is 9. The van der Waals surface area contributed by atoms with Crippen molar-refractivity contribution >= 4 is 11.7 Å². The van der Waals surface area contributed by atoms with E-state index < -0.39 is 42.2 Å². The van der Waals surface area contributed by atoms with E-state index in [0.717, 1.165) is 56.8 Å². The summed E-state index contributed by atoms with van der Waals surface area (Å²) in [6.07, 6.45) is 3.95. The van der Waals surface area contributed by atoms with Crippen molar-refractivity contribution in [3.63, 3.8) is 0 Å². The van der Waals surface area contributed by atoms with Crippen LogP contribution >= 0.6 is 0 Å². The standard InChI is InChI=1S/C37H43F4N3O3/c1-25-16-27-17-29(47-21-26-8-4-3-5-9-26)10-11-30(27)35(44(25)22-36(2,40)41)34-31(38)18-28(19-32(34)39)43-14-6-12-37(13-7-15-43)23-42(24-37)20-33(45)46/h3-5,8-11,17-19,25,35H,6-7,12-16,20-24H2,1-2H3,(H,45,46)/t25-,35?/m1/s1. The Morgan fingerprint density at radius 2 is 1.66 bits per heavy atom. The minimum Gasteiger partial charge on any atom is -0.489 e. The van der Waals surface area contributed by atoms with Crippen molar-refractivity contribution in [1.29, 1.82) is 0 Å². The second-order valence-corrected chi connectivity index (χ2v) is 13.9. The summed E-state index contributed by atoms with van der Waals surface area (Å²) in [7, 11) is 0. The minimum atomic E-state index is -3.07. The summed E-state index contributed by atoms with van der Waals surface area (Å²) in [6.45, 7) is 5.23. The second kappa shape index (κ2) is 13.5. The smallest absolute Gasteiger partial charge is 0.317 e. The summed E-state index contributed by atoms with van der Waals surface area (Å²) in [6, 6.07) is 16.4. The molecule has 2 fully saturated rings. The Morgan fingerprint density at radius 1 is 1.00 bits per heavy atom. The minimum absolute atomic E-state index is 0.0551. The first-order valence-corrected chi connectivity index (χ1v) is 16.5. The fourth-order valence-electron chi connectivity index (χ4n) is 7.94. The number of fused-ring (bicyclic) bond motifs is 1. The molecule has 3 aliphatic heterocycles. The molecule has 0 saturated carbocycles. The Hall–Kier alpha value is -3.63. The zero-order chi connectivity index (χ0) is 33.3. The number of carbonyl (C=O) groups is 1. The highest BCUT2D eigenvalue weighted by atomic mass is 19.3. The van der Waals surface area contributed by atoms with Gasteiger partial charge in [0.25, 0.3) is 5.92 Å². The number of carboxylic acids is 1. The van der Waals surface area contributed by atoms with Gasteiger partial charge in [-0.1, -0.05) is 36.4 Å². The van der Waals surface area contributed by atoms with Crippen LogP contribution in [-0.2, 0) is 17.8 Å². The van der Waals surface area contributed by atoms with Gasteiger partial charge in [0.2, 0.25) is 0 Å². The Kier molecular flexibility index (Phi) is 9.54. The van der Waals surface area contributed by atoms with Gasteiger partial charge >= 0.3 is 5.97 Å². The largest absolute Gasteiger partial charge is 0.489 e. The van der Waals surface area contributed by atoms with E-state index in [4.69, 9.17) is 9.84 Å². The Morgan fingerprint density at radius 3 is 2.28 bits per heavy atom. The lowest BCUT2D eigenvalue weighted by atomic mass is 9.71. The molecule has 3 heterocycles. The molecule has 3 aromatic rings. The molecule has 0 amide bonds. The number of alkyl halides is 2. The SMILES string of the molecule is C[C@@H]1Cc2cc(OCc3ccccc3)ccc2C(c2c(F)cc(N3CCCC4(CCC3)CN(CC(=O)O)C4)cc2F)N1CC(C)(F)F. The number of hydrogen-bond acceptors (Lipinski definition) is 5. The number of benzene rings is 3. The van der Waals surface area contributed by atoms with Gasteiger partial charge in [0.15, 0.2) is 0 Å². The summed E-state index contributed by atoms with van der Waals surface area (Å²) >= 11 is 0. The van der Waals surface area contributed by atoms with E-state index in [1.807, 2.05) is 53.1 Å². The summed E-state index contributed by atoms with van der Waals surface area (Å²) < 4.78 is 67.5. The van der Waals surface area contributed by atoms with E-state index in [0.29, 0.717) is 43.1 Å². The lowest BCUT2D eigenvalue weighted by Gasteiger charge is -2.51. The van der Waals surface area contributed by atoms with Crippen LogP contribution < -0.4 is 9.64 Å². The van der Waals surface area contributed by atoms with Crippen molar-refractivity contribution in [3.05, 3.63) is 94.6 Å². The maximum atomic E-state index is 16.2. The molecule has 0 aromatic heterocycles. The van der Waals surface area contributed by atoms with Gasteiger partial charge in [-0.3, -0.25) is 14.6 Å². The fourth-order valence-corrected chi connectivity index (χ4v) is 7.94. The number of hydrogen-bond donors (Lipinski definition) is 1. The Bertz CT molecular complexity index is 1540. The molecular weight excluding hydrogens is 610 g/mol. The summed E-state index contributed by atoms with van der Waals surface area (Å²) in [5, 5.41) is 9.09. The van der Waals surface area contributed by atoms with Crippen molar-refractivity contribution in [2.45, 2.75) is 70.6 Å². The highest BCUT2D eigenvalue weighted by molar-refractivity contribution is 5.69. The predicted molar refractivity (Wildman–Crippen MR) is 173 cm³/mol. The van der Waals surface area contributed by atoms with Crippen LogP contribution in [-0.4, -0.2) is 72.1 Å². The summed E-state index contributed by atoms with van der Waals surface area (Å²) in [4.78, 5) is 16.5. The molecular formula is C37H43F4N3O3. The molecule has 47 heavy (non-hydrogen) atoms. The number of carboxylic acid groups (broad SMARTS) is 1. The van der Waals surface area contributed by atoms with Crippen LogP contribution in [0, 0.1) is 17.0 Å². The first-order valence-electron chi connectivity index (χ1n) is 16.5. The molecule has 10 heteroatoms. The summed E-state index contributed by atoms with van der Waals surface area (Å²) in [5.74, 6) is -4.77. The molecule has 6 rings (SSSR count). The first-order chi connectivity index (χ1) is 22.4. The summed E-state index contributed by atoms with van der Waals surface area (Å²) in [5.41, 5.74) is 2.76. The van der Waals surface area contributed by atoms with Gasteiger partial charge in [-0.15, -0.1) is 0 Å². The average Bonchev–Trinajstić information content (AvgIpc) is 2.97. The lowest BCUT2D eigenvalue weighted by Crippen LogP contribution is -2.58. The van der Waals surface area contributed by atoms with E-state index >= 15 is 8.78 Å². The number of likely N-dealkylation sites (tertiary alicyclic amines) is 1. The predicted octanol–water partition coefficient (Wildman–Crippen LogP) is 7.30. The third-order valence-electron chi connectivity index (χ3n) is 9.98. The molecule has 2 atom stereocenters. The molecule has 1 spiro atoms. The van der Waals surface area contributed by atoms with E-state index in [1.54, 1.807) is 12.1 Å². The van der Waals surface area contributed by atoms with Gasteiger partial charge in [-0.05, 0) is 85.4 Å². The maximum absolute atomic E-state index is 16.2. The molecule has 1 unspecified atom stereocenters. The van der Waals surface area contributed by atoms with Gasteiger partial charge in [-0.25, -0.2) is 17.6 Å². The number of ether oxygens (including phenoxy) is 1. The highest BCUT2D eigenvalue weighted by Gasteiger charge is 2.44. The molecule has 3 aliphatic rings. The van der Waals surface area contributed by atoms with Gasteiger partial charge in [-0.2, -0.15) is 0 Å². The molecule has 2 saturated heterocycles. The topological polar surface area (TPSA) is 56.3 Å². The van der Waals surface area contributed by atoms with Crippen LogP contribution in [0.2, 0.25) is 0 Å². The van der Waals surface area contributed by atoms with E-state index in [9.17, 15) is 13.6 Å². The number of halogens is 4. The van der Waals surface area contributed by atoms with Crippen LogP contribution in [0.15, 0.2) is 60.7 Å². The number of nitrogens with zero attached hydrogens (tertiary/aromatic N) is 3. The van der Waals surface area contributed by atoms with Gasteiger partial charge < -0.3 is 14.7 Å². The van der Waals surface area contributed by atoms with Crippen LogP contribution in [0.1, 0.15) is 67.8 Å². The van der Waals surface area contributed by atoms with Crippen LogP contribution in [0.5, 0.6) is 5.75 Å². The third-order valence-corrected chi connectivity index (χ3v) is 9.98.